The summed E-state index contributed by atoms with van der Waals surface area (Å²) in [5, 5.41) is 22.0. The van der Waals surface area contributed by atoms with Gasteiger partial charge in [-0.1, -0.05) is 59.8 Å². The van der Waals surface area contributed by atoms with Gasteiger partial charge in [0.2, 0.25) is 11.6 Å². The molecule has 1 saturated heterocycles. The van der Waals surface area contributed by atoms with Crippen LogP contribution in [0.3, 0.4) is 0 Å². The number of amides is 1. The molecule has 1 amide bonds. The Hall–Kier alpha value is -5.14. The van der Waals surface area contributed by atoms with Crippen LogP contribution >= 0.6 is 0 Å². The maximum Gasteiger partial charge on any atom is 0.293 e. The fraction of sp³-hybridized carbons (Fsp3) is 0.214. The Bertz CT molecular complexity index is 1690. The maximum atomic E-state index is 13.1. The molecule has 3 N–H and O–H groups in total. The van der Waals surface area contributed by atoms with E-state index in [2.05, 4.69) is 60.3 Å². The van der Waals surface area contributed by atoms with Crippen LogP contribution in [0.15, 0.2) is 76.5 Å². The number of fused-ring (bicyclic) bond motifs is 1. The number of aromatic nitrogens is 5. The SMILES string of the molecule is Nc1nonc1-n1nnc(C(=O)N/N=C/c2cccc(OCc3cccc4ccccc34)c2)c1CN1CCOCC1. The summed E-state index contributed by atoms with van der Waals surface area (Å²) in [6.45, 7) is 3.35. The first kappa shape index (κ1) is 26.1. The van der Waals surface area contributed by atoms with E-state index in [1.807, 2.05) is 42.5 Å². The summed E-state index contributed by atoms with van der Waals surface area (Å²) < 4.78 is 17.6. The highest BCUT2D eigenvalue weighted by Crippen LogP contribution is 2.21. The van der Waals surface area contributed by atoms with Gasteiger partial charge in [0.1, 0.15) is 12.4 Å². The van der Waals surface area contributed by atoms with Crippen LogP contribution in [0.25, 0.3) is 16.6 Å². The molecule has 1 aliphatic heterocycles. The highest BCUT2D eigenvalue weighted by molar-refractivity contribution is 5.94. The van der Waals surface area contributed by atoms with Crippen molar-refractivity contribution in [2.45, 2.75) is 13.2 Å². The smallest absolute Gasteiger partial charge is 0.293 e. The van der Waals surface area contributed by atoms with E-state index in [1.54, 1.807) is 0 Å². The molecule has 2 aromatic heterocycles. The number of nitrogens with zero attached hydrogens (tertiary/aromatic N) is 7. The topological polar surface area (TPSA) is 159 Å². The van der Waals surface area contributed by atoms with Gasteiger partial charge >= 0.3 is 0 Å². The number of ether oxygens (including phenoxy) is 2. The normalized spacial score (nSPS) is 14.0. The second kappa shape index (κ2) is 11.9. The number of nitrogen functional groups attached to an aromatic ring is 1. The molecule has 13 nitrogen and oxygen atoms in total. The van der Waals surface area contributed by atoms with Gasteiger partial charge in [-0.05, 0) is 44.3 Å². The highest BCUT2D eigenvalue weighted by Gasteiger charge is 2.26. The molecular formula is C28H27N9O4. The van der Waals surface area contributed by atoms with Crippen molar-refractivity contribution in [3.05, 3.63) is 89.2 Å². The summed E-state index contributed by atoms with van der Waals surface area (Å²) in [5.74, 6) is 0.339. The van der Waals surface area contributed by atoms with Crippen LogP contribution in [0.1, 0.15) is 27.3 Å². The van der Waals surface area contributed by atoms with Crippen molar-refractivity contribution < 1.29 is 18.9 Å². The minimum atomic E-state index is -0.533. The number of hydrazone groups is 1. The van der Waals surface area contributed by atoms with Crippen molar-refractivity contribution in [2.75, 3.05) is 32.0 Å². The van der Waals surface area contributed by atoms with E-state index in [1.165, 1.54) is 16.3 Å². The monoisotopic (exact) mass is 553 g/mol. The minimum Gasteiger partial charge on any atom is -0.489 e. The summed E-state index contributed by atoms with van der Waals surface area (Å²) in [5.41, 5.74) is 10.8. The van der Waals surface area contributed by atoms with Crippen LogP contribution in [0.4, 0.5) is 5.82 Å². The molecule has 1 fully saturated rings. The molecule has 0 radical (unpaired) electrons. The van der Waals surface area contributed by atoms with Gasteiger partial charge in [-0.25, -0.2) is 10.1 Å². The number of benzene rings is 3. The number of nitrogens with two attached hydrogens (primary N) is 1. The van der Waals surface area contributed by atoms with Gasteiger partial charge in [-0.3, -0.25) is 9.69 Å². The van der Waals surface area contributed by atoms with E-state index in [4.69, 9.17) is 19.8 Å². The van der Waals surface area contributed by atoms with E-state index in [0.717, 1.165) is 16.5 Å². The average molecular weight is 554 g/mol. The van der Waals surface area contributed by atoms with Crippen molar-refractivity contribution in [1.29, 1.82) is 0 Å². The molecule has 0 aliphatic carbocycles. The number of nitrogens with one attached hydrogen (secondary N) is 1. The summed E-state index contributed by atoms with van der Waals surface area (Å²) in [4.78, 5) is 15.2. The summed E-state index contributed by atoms with van der Waals surface area (Å²) in [7, 11) is 0. The van der Waals surface area contributed by atoms with Gasteiger partial charge in [-0.2, -0.15) is 9.78 Å². The Morgan fingerprint density at radius 2 is 1.90 bits per heavy atom. The third kappa shape index (κ3) is 5.90. The lowest BCUT2D eigenvalue weighted by molar-refractivity contribution is 0.0332. The van der Waals surface area contributed by atoms with E-state index in [9.17, 15) is 4.79 Å². The zero-order valence-corrected chi connectivity index (χ0v) is 22.0. The van der Waals surface area contributed by atoms with Gasteiger partial charge in [0.25, 0.3) is 5.91 Å². The highest BCUT2D eigenvalue weighted by atomic mass is 16.6. The number of hydrogen-bond donors (Lipinski definition) is 2. The molecule has 208 valence electrons. The van der Waals surface area contributed by atoms with E-state index < -0.39 is 5.91 Å². The van der Waals surface area contributed by atoms with Crippen LogP contribution < -0.4 is 15.9 Å². The summed E-state index contributed by atoms with van der Waals surface area (Å²) in [6, 6.07) is 21.8. The van der Waals surface area contributed by atoms with Crippen LogP contribution in [-0.4, -0.2) is 68.6 Å². The number of carbonyl (C=O) groups excluding carboxylic acids is 1. The van der Waals surface area contributed by atoms with Crippen LogP contribution in [-0.2, 0) is 17.9 Å². The van der Waals surface area contributed by atoms with Crippen molar-refractivity contribution in [3.8, 4) is 11.6 Å². The fourth-order valence-electron chi connectivity index (χ4n) is 4.58. The minimum absolute atomic E-state index is 0.0330. The van der Waals surface area contributed by atoms with Gasteiger partial charge in [0, 0.05) is 19.6 Å². The Balaban J connectivity index is 1.14. The first-order valence-corrected chi connectivity index (χ1v) is 13.0. The van der Waals surface area contributed by atoms with Crippen molar-refractivity contribution in [2.24, 2.45) is 5.10 Å². The fourth-order valence-corrected chi connectivity index (χ4v) is 4.58. The predicted molar refractivity (Wildman–Crippen MR) is 150 cm³/mol. The average Bonchev–Trinajstić information content (AvgIpc) is 3.62. The van der Waals surface area contributed by atoms with Crippen LogP contribution in [0, 0.1) is 0 Å². The lowest BCUT2D eigenvalue weighted by Crippen LogP contribution is -2.37. The quantitative estimate of drug-likeness (QED) is 0.205. The lowest BCUT2D eigenvalue weighted by atomic mass is 10.1. The molecule has 3 heterocycles. The standard InChI is InChI=1S/C28H27N9O4/c29-26-27(34-41-33-26)37-24(17-36-11-13-39-14-12-36)25(31-35-37)28(38)32-30-16-19-5-3-9-22(15-19)40-18-21-8-4-7-20-6-1-2-10-23(20)21/h1-10,15-16H,11-14,17-18H2,(H2,29,33)(H,32,38)/b30-16+. The van der Waals surface area contributed by atoms with Crippen molar-refractivity contribution in [1.82, 2.24) is 35.6 Å². The van der Waals surface area contributed by atoms with Gasteiger partial charge in [0.05, 0.1) is 25.1 Å². The molecule has 6 rings (SSSR count). The first-order chi connectivity index (χ1) is 20.2. The Kier molecular flexibility index (Phi) is 7.60. The molecule has 41 heavy (non-hydrogen) atoms. The molecule has 0 saturated carbocycles. The number of carbonyl (C=O) groups is 1. The second-order valence-corrected chi connectivity index (χ2v) is 9.36. The maximum absolute atomic E-state index is 13.1. The molecule has 13 heteroatoms. The molecule has 0 atom stereocenters. The largest absolute Gasteiger partial charge is 0.489 e. The van der Waals surface area contributed by atoms with Crippen molar-refractivity contribution >= 4 is 28.7 Å². The summed E-state index contributed by atoms with van der Waals surface area (Å²) >= 11 is 0. The lowest BCUT2D eigenvalue weighted by Gasteiger charge is -2.26. The zero-order chi connectivity index (χ0) is 28.0. The third-order valence-electron chi connectivity index (χ3n) is 6.66. The molecule has 1 aliphatic rings. The Morgan fingerprint density at radius 3 is 2.76 bits per heavy atom. The molecule has 0 bridgehead atoms. The van der Waals surface area contributed by atoms with Crippen LogP contribution in [0.5, 0.6) is 5.75 Å². The van der Waals surface area contributed by atoms with Gasteiger partial charge in [0.15, 0.2) is 5.69 Å². The predicted octanol–water partition coefficient (Wildman–Crippen LogP) is 2.56. The number of rotatable bonds is 9. The molecule has 0 spiro atoms. The van der Waals surface area contributed by atoms with Crippen molar-refractivity contribution in [3.63, 3.8) is 0 Å². The third-order valence-corrected chi connectivity index (χ3v) is 6.66. The number of hydrogen-bond acceptors (Lipinski definition) is 11. The van der Waals surface area contributed by atoms with Gasteiger partial charge < -0.3 is 15.2 Å². The molecule has 0 unspecified atom stereocenters. The molecular weight excluding hydrogens is 526 g/mol. The Labute approximate surface area is 234 Å². The number of morpholine rings is 1. The zero-order valence-electron chi connectivity index (χ0n) is 22.0. The molecule has 3 aromatic carbocycles. The summed E-state index contributed by atoms with van der Waals surface area (Å²) in [6.07, 6.45) is 1.54. The first-order valence-electron chi connectivity index (χ1n) is 13.0. The Morgan fingerprint density at radius 1 is 1.07 bits per heavy atom. The second-order valence-electron chi connectivity index (χ2n) is 9.36. The molecule has 5 aromatic rings. The van der Waals surface area contributed by atoms with E-state index in [-0.39, 0.29) is 17.3 Å². The van der Waals surface area contributed by atoms with Crippen LogP contribution in [0.2, 0.25) is 0 Å². The van der Waals surface area contributed by atoms with Gasteiger partial charge in [-0.15, -0.1) is 5.10 Å². The van der Waals surface area contributed by atoms with E-state index in [0.29, 0.717) is 50.9 Å². The van der Waals surface area contributed by atoms with E-state index >= 15 is 0 Å². The number of anilines is 1.